The molecular weight excluding hydrogens is 381 g/mol. The van der Waals surface area contributed by atoms with Crippen molar-refractivity contribution in [3.05, 3.63) is 21.1 Å². The molecule has 2 amide bonds. The van der Waals surface area contributed by atoms with Crippen LogP contribution in [0.15, 0.2) is 6.07 Å². The van der Waals surface area contributed by atoms with Gasteiger partial charge in [0.05, 0.1) is 21.8 Å². The van der Waals surface area contributed by atoms with E-state index in [0.29, 0.717) is 45.2 Å². The Morgan fingerprint density at radius 1 is 1.35 bits per heavy atom. The largest absolute Gasteiger partial charge is 0.349 e. The second kappa shape index (κ2) is 6.80. The molecular formula is C13H13Cl2N3O3S2. The van der Waals surface area contributed by atoms with E-state index in [1.807, 2.05) is 0 Å². The predicted octanol–water partition coefficient (Wildman–Crippen LogP) is 1.86. The third-order valence-corrected chi connectivity index (χ3v) is 6.76. The van der Waals surface area contributed by atoms with Gasteiger partial charge in [0.2, 0.25) is 5.91 Å². The van der Waals surface area contributed by atoms with Crippen molar-refractivity contribution in [1.29, 1.82) is 0 Å². The number of hydrogen-bond acceptors (Lipinski definition) is 4. The molecule has 0 aliphatic carbocycles. The summed E-state index contributed by atoms with van der Waals surface area (Å²) in [6.07, 6.45) is 0. The second-order valence-electron chi connectivity index (χ2n) is 5.02. The Bertz CT molecular complexity index is 792. The highest BCUT2D eigenvalue weighted by Gasteiger charge is 2.21. The van der Waals surface area contributed by atoms with Crippen LogP contribution in [0.3, 0.4) is 0 Å². The van der Waals surface area contributed by atoms with Crippen LogP contribution in [0, 0.1) is 0 Å². The SMILES string of the molecule is O=C(NCC(=O)N1CCS(=O)CC1)c1cc2sc(Cl)c(Cl)c2[nH]1. The van der Waals surface area contributed by atoms with Crippen molar-refractivity contribution in [2.45, 2.75) is 0 Å². The molecule has 23 heavy (non-hydrogen) atoms. The number of amides is 2. The Kier molecular flexibility index (Phi) is 4.96. The van der Waals surface area contributed by atoms with Gasteiger partial charge < -0.3 is 15.2 Å². The van der Waals surface area contributed by atoms with Gasteiger partial charge in [-0.05, 0) is 6.07 Å². The lowest BCUT2D eigenvalue weighted by Gasteiger charge is -2.26. The van der Waals surface area contributed by atoms with E-state index in [-0.39, 0.29) is 18.4 Å². The minimum Gasteiger partial charge on any atom is -0.349 e. The summed E-state index contributed by atoms with van der Waals surface area (Å²) in [5.41, 5.74) is 0.953. The highest BCUT2D eigenvalue weighted by molar-refractivity contribution is 7.85. The fraction of sp³-hybridized carbons (Fsp3) is 0.385. The number of nitrogens with zero attached hydrogens (tertiary/aromatic N) is 1. The molecule has 1 aliphatic rings. The van der Waals surface area contributed by atoms with Gasteiger partial charge in [0.25, 0.3) is 5.91 Å². The Hall–Kier alpha value is -1.09. The van der Waals surface area contributed by atoms with E-state index in [2.05, 4.69) is 10.3 Å². The normalized spacial score (nSPS) is 16.0. The molecule has 2 aromatic rings. The van der Waals surface area contributed by atoms with E-state index in [4.69, 9.17) is 23.2 Å². The summed E-state index contributed by atoms with van der Waals surface area (Å²) in [6.45, 7) is 0.841. The molecule has 0 unspecified atom stereocenters. The molecule has 1 aliphatic heterocycles. The average molecular weight is 394 g/mol. The zero-order chi connectivity index (χ0) is 16.6. The zero-order valence-corrected chi connectivity index (χ0v) is 15.0. The van der Waals surface area contributed by atoms with E-state index in [1.54, 1.807) is 11.0 Å². The van der Waals surface area contributed by atoms with Crippen LogP contribution in [0.4, 0.5) is 0 Å². The number of fused-ring (bicyclic) bond motifs is 1. The Balaban J connectivity index is 1.60. The van der Waals surface area contributed by atoms with Gasteiger partial charge in [0.1, 0.15) is 10.0 Å². The summed E-state index contributed by atoms with van der Waals surface area (Å²) >= 11 is 13.2. The minimum absolute atomic E-state index is 0.0906. The molecule has 1 fully saturated rings. The molecule has 10 heteroatoms. The van der Waals surface area contributed by atoms with Crippen molar-refractivity contribution in [2.24, 2.45) is 0 Å². The third-order valence-electron chi connectivity index (χ3n) is 3.55. The average Bonchev–Trinajstić information content (AvgIpc) is 3.06. The molecule has 6 nitrogen and oxygen atoms in total. The number of hydrogen-bond donors (Lipinski definition) is 2. The van der Waals surface area contributed by atoms with Crippen LogP contribution in [0.5, 0.6) is 0 Å². The fourth-order valence-electron chi connectivity index (χ4n) is 2.29. The highest BCUT2D eigenvalue weighted by Crippen LogP contribution is 2.38. The Morgan fingerprint density at radius 3 is 2.70 bits per heavy atom. The maximum absolute atomic E-state index is 12.1. The first kappa shape index (κ1) is 16.8. The summed E-state index contributed by atoms with van der Waals surface area (Å²) in [6, 6.07) is 1.65. The van der Waals surface area contributed by atoms with E-state index < -0.39 is 10.8 Å². The first-order chi connectivity index (χ1) is 11.0. The van der Waals surface area contributed by atoms with Crippen LogP contribution >= 0.6 is 34.5 Å². The van der Waals surface area contributed by atoms with Crippen molar-refractivity contribution in [3.63, 3.8) is 0 Å². The van der Waals surface area contributed by atoms with Crippen LogP contribution in [-0.4, -0.2) is 57.0 Å². The third kappa shape index (κ3) is 3.55. The van der Waals surface area contributed by atoms with Gasteiger partial charge in [-0.15, -0.1) is 11.3 Å². The van der Waals surface area contributed by atoms with Crippen LogP contribution in [-0.2, 0) is 15.6 Å². The van der Waals surface area contributed by atoms with Crippen molar-refractivity contribution in [1.82, 2.24) is 15.2 Å². The molecule has 0 bridgehead atoms. The van der Waals surface area contributed by atoms with Crippen LogP contribution in [0.1, 0.15) is 10.5 Å². The van der Waals surface area contributed by atoms with Crippen LogP contribution in [0.25, 0.3) is 10.2 Å². The first-order valence-corrected chi connectivity index (χ1v) is 9.89. The summed E-state index contributed by atoms with van der Waals surface area (Å²) in [5.74, 6) is 0.427. The van der Waals surface area contributed by atoms with Crippen molar-refractivity contribution in [3.8, 4) is 0 Å². The number of aromatic nitrogens is 1. The van der Waals surface area contributed by atoms with Gasteiger partial charge in [-0.1, -0.05) is 23.2 Å². The van der Waals surface area contributed by atoms with E-state index in [9.17, 15) is 13.8 Å². The molecule has 3 rings (SSSR count). The smallest absolute Gasteiger partial charge is 0.268 e. The van der Waals surface area contributed by atoms with Crippen LogP contribution < -0.4 is 5.32 Å². The first-order valence-electron chi connectivity index (χ1n) is 6.83. The molecule has 0 radical (unpaired) electrons. The molecule has 3 heterocycles. The molecule has 0 atom stereocenters. The van der Waals surface area contributed by atoms with E-state index in [0.717, 1.165) is 4.70 Å². The number of thiophene rings is 1. The van der Waals surface area contributed by atoms with Crippen molar-refractivity contribution in [2.75, 3.05) is 31.1 Å². The van der Waals surface area contributed by atoms with E-state index in [1.165, 1.54) is 11.3 Å². The van der Waals surface area contributed by atoms with Crippen LogP contribution in [0.2, 0.25) is 9.36 Å². The van der Waals surface area contributed by atoms with Gasteiger partial charge >= 0.3 is 0 Å². The molecule has 0 aromatic carbocycles. The number of aromatic amines is 1. The van der Waals surface area contributed by atoms with Gasteiger partial charge in [-0.2, -0.15) is 0 Å². The number of halogens is 2. The number of rotatable bonds is 3. The Labute approximate surface area is 148 Å². The zero-order valence-electron chi connectivity index (χ0n) is 11.9. The summed E-state index contributed by atoms with van der Waals surface area (Å²) in [7, 11) is -0.837. The minimum atomic E-state index is -0.837. The highest BCUT2D eigenvalue weighted by atomic mass is 35.5. The van der Waals surface area contributed by atoms with Gasteiger partial charge in [-0.25, -0.2) is 0 Å². The number of carbonyl (C=O) groups excluding carboxylic acids is 2. The maximum atomic E-state index is 12.1. The predicted molar refractivity (Wildman–Crippen MR) is 93.0 cm³/mol. The molecule has 0 saturated carbocycles. The van der Waals surface area contributed by atoms with Gasteiger partial charge in [0.15, 0.2) is 0 Å². The monoisotopic (exact) mass is 393 g/mol. The maximum Gasteiger partial charge on any atom is 0.268 e. The lowest BCUT2D eigenvalue weighted by Crippen LogP contribution is -2.46. The quantitative estimate of drug-likeness (QED) is 0.834. The Morgan fingerprint density at radius 2 is 2.04 bits per heavy atom. The van der Waals surface area contributed by atoms with Gasteiger partial charge in [0, 0.05) is 35.4 Å². The van der Waals surface area contributed by atoms with Crippen molar-refractivity contribution < 1.29 is 13.8 Å². The number of H-pyrrole nitrogens is 1. The lowest BCUT2D eigenvalue weighted by atomic mass is 10.4. The molecule has 1 saturated heterocycles. The fourth-order valence-corrected chi connectivity index (χ4v) is 4.82. The molecule has 124 valence electrons. The van der Waals surface area contributed by atoms with E-state index >= 15 is 0 Å². The standard InChI is InChI=1S/C13H13Cl2N3O3S2/c14-10-11-8(22-12(10)15)5-7(17-11)13(20)16-6-9(19)18-1-3-23(21)4-2-18/h5,17H,1-4,6H2,(H,16,20). The molecule has 0 spiro atoms. The summed E-state index contributed by atoms with van der Waals surface area (Å²) < 4.78 is 12.5. The molecule has 2 N–H and O–H groups in total. The summed E-state index contributed by atoms with van der Waals surface area (Å²) in [5, 5.41) is 2.98. The number of nitrogens with one attached hydrogen (secondary N) is 2. The number of carbonyl (C=O) groups is 2. The lowest BCUT2D eigenvalue weighted by molar-refractivity contribution is -0.129. The summed E-state index contributed by atoms with van der Waals surface area (Å²) in [4.78, 5) is 28.7. The topological polar surface area (TPSA) is 82.3 Å². The second-order valence-corrected chi connectivity index (χ2v) is 8.75. The van der Waals surface area contributed by atoms with Crippen molar-refractivity contribution >= 4 is 67.4 Å². The van der Waals surface area contributed by atoms with Gasteiger partial charge in [-0.3, -0.25) is 13.8 Å². The molecule has 2 aromatic heterocycles.